The van der Waals surface area contributed by atoms with Gasteiger partial charge in [-0.05, 0) is 37.7 Å². The van der Waals surface area contributed by atoms with E-state index in [-0.39, 0.29) is 16.2 Å². The molecule has 0 aliphatic rings. The van der Waals surface area contributed by atoms with Gasteiger partial charge < -0.3 is 10.0 Å². The molecule has 0 unspecified atom stereocenters. The highest BCUT2D eigenvalue weighted by Crippen LogP contribution is 2.17. The molecule has 5 nitrogen and oxygen atoms in total. The third-order valence-electron chi connectivity index (χ3n) is 3.37. The van der Waals surface area contributed by atoms with E-state index in [0.717, 1.165) is 13.1 Å². The molecule has 112 valence electrons. The average molecular weight is 299 g/mol. The summed E-state index contributed by atoms with van der Waals surface area (Å²) >= 11 is 0. The SMILES string of the molecule is CCN(CC)CCS(=O)(=O)c1ccc(C)c(C(=O)O)c1. The third kappa shape index (κ3) is 4.05. The van der Waals surface area contributed by atoms with Gasteiger partial charge in [0.2, 0.25) is 0 Å². The number of hydrogen-bond donors (Lipinski definition) is 1. The molecule has 1 rings (SSSR count). The molecule has 0 saturated heterocycles. The minimum atomic E-state index is -3.45. The number of aryl methyl sites for hydroxylation is 1. The van der Waals surface area contributed by atoms with E-state index in [2.05, 4.69) is 0 Å². The summed E-state index contributed by atoms with van der Waals surface area (Å²) in [6, 6.07) is 4.25. The standard InChI is InChI=1S/C14H21NO4S/c1-4-15(5-2)8-9-20(18,19)12-7-6-11(3)13(10-12)14(16)17/h6-7,10H,4-5,8-9H2,1-3H3,(H,16,17). The molecule has 0 spiro atoms. The maximum atomic E-state index is 12.2. The Kier molecular flexibility index (Phi) is 5.71. The second kappa shape index (κ2) is 6.85. The fraction of sp³-hybridized carbons (Fsp3) is 0.500. The van der Waals surface area contributed by atoms with Gasteiger partial charge in [-0.3, -0.25) is 0 Å². The zero-order valence-corrected chi connectivity index (χ0v) is 12.9. The lowest BCUT2D eigenvalue weighted by Crippen LogP contribution is -2.29. The van der Waals surface area contributed by atoms with Crippen molar-refractivity contribution in [2.45, 2.75) is 25.7 Å². The Bertz CT molecular complexity index is 577. The van der Waals surface area contributed by atoms with Crippen molar-refractivity contribution in [3.05, 3.63) is 29.3 Å². The molecule has 0 saturated carbocycles. The summed E-state index contributed by atoms with van der Waals surface area (Å²) in [7, 11) is -3.45. The second-order valence-electron chi connectivity index (χ2n) is 4.63. The largest absolute Gasteiger partial charge is 0.478 e. The summed E-state index contributed by atoms with van der Waals surface area (Å²) < 4.78 is 24.5. The maximum Gasteiger partial charge on any atom is 0.335 e. The Morgan fingerprint density at radius 1 is 1.25 bits per heavy atom. The van der Waals surface area contributed by atoms with Crippen molar-refractivity contribution in [2.75, 3.05) is 25.4 Å². The average Bonchev–Trinajstić information content (AvgIpc) is 2.39. The lowest BCUT2D eigenvalue weighted by atomic mass is 10.1. The maximum absolute atomic E-state index is 12.2. The molecule has 0 aliphatic heterocycles. The molecular weight excluding hydrogens is 278 g/mol. The summed E-state index contributed by atoms with van der Waals surface area (Å²) in [5.74, 6) is -1.11. The Balaban J connectivity index is 2.98. The molecule has 20 heavy (non-hydrogen) atoms. The van der Waals surface area contributed by atoms with Crippen LogP contribution < -0.4 is 0 Å². The molecule has 6 heteroatoms. The molecule has 0 atom stereocenters. The van der Waals surface area contributed by atoms with Gasteiger partial charge in [0.05, 0.1) is 16.2 Å². The highest BCUT2D eigenvalue weighted by Gasteiger charge is 2.18. The summed E-state index contributed by atoms with van der Waals surface area (Å²) in [5.41, 5.74) is 0.592. The van der Waals surface area contributed by atoms with Crippen LogP contribution >= 0.6 is 0 Å². The number of carboxylic acid groups (broad SMARTS) is 1. The number of aromatic carboxylic acids is 1. The van der Waals surface area contributed by atoms with Crippen LogP contribution in [0.15, 0.2) is 23.1 Å². The van der Waals surface area contributed by atoms with Crippen molar-refractivity contribution in [3.63, 3.8) is 0 Å². The molecule has 0 amide bonds. The van der Waals surface area contributed by atoms with Gasteiger partial charge in [0, 0.05) is 6.54 Å². The molecule has 0 bridgehead atoms. The first-order chi connectivity index (χ1) is 9.31. The summed E-state index contributed by atoms with van der Waals surface area (Å²) in [6.45, 7) is 7.64. The van der Waals surface area contributed by atoms with Crippen LogP contribution in [0.4, 0.5) is 0 Å². The van der Waals surface area contributed by atoms with E-state index in [9.17, 15) is 13.2 Å². The topological polar surface area (TPSA) is 74.7 Å². The highest BCUT2D eigenvalue weighted by atomic mass is 32.2. The number of carbonyl (C=O) groups is 1. The third-order valence-corrected chi connectivity index (χ3v) is 5.06. The van der Waals surface area contributed by atoms with Crippen LogP contribution in [0.3, 0.4) is 0 Å². The molecule has 1 N–H and O–H groups in total. The van der Waals surface area contributed by atoms with Crippen LogP contribution in [0.2, 0.25) is 0 Å². The van der Waals surface area contributed by atoms with Gasteiger partial charge in [-0.2, -0.15) is 0 Å². The molecule has 0 radical (unpaired) electrons. The van der Waals surface area contributed by atoms with Crippen molar-refractivity contribution in [1.82, 2.24) is 4.90 Å². The van der Waals surface area contributed by atoms with Crippen molar-refractivity contribution in [2.24, 2.45) is 0 Å². The van der Waals surface area contributed by atoms with Crippen molar-refractivity contribution < 1.29 is 18.3 Å². The van der Waals surface area contributed by atoms with E-state index in [1.807, 2.05) is 18.7 Å². The lowest BCUT2D eigenvalue weighted by Gasteiger charge is -2.17. The summed E-state index contributed by atoms with van der Waals surface area (Å²) in [4.78, 5) is 13.2. The number of sulfone groups is 1. The van der Waals surface area contributed by atoms with E-state index in [1.165, 1.54) is 18.2 Å². The van der Waals surface area contributed by atoms with Gasteiger partial charge >= 0.3 is 5.97 Å². The van der Waals surface area contributed by atoms with Gasteiger partial charge in [0.25, 0.3) is 0 Å². The van der Waals surface area contributed by atoms with E-state index in [4.69, 9.17) is 5.11 Å². The van der Waals surface area contributed by atoms with Gasteiger partial charge in [-0.1, -0.05) is 19.9 Å². The van der Waals surface area contributed by atoms with Gasteiger partial charge in [0.15, 0.2) is 9.84 Å². The van der Waals surface area contributed by atoms with Crippen molar-refractivity contribution in [1.29, 1.82) is 0 Å². The predicted molar refractivity (Wildman–Crippen MR) is 78.0 cm³/mol. The minimum absolute atomic E-state index is 0.00317. The van der Waals surface area contributed by atoms with Crippen LogP contribution in [-0.2, 0) is 9.84 Å². The van der Waals surface area contributed by atoms with Crippen LogP contribution in [0.25, 0.3) is 0 Å². The second-order valence-corrected chi connectivity index (χ2v) is 6.74. The Morgan fingerprint density at radius 2 is 1.85 bits per heavy atom. The first kappa shape index (κ1) is 16.7. The predicted octanol–water partition coefficient (Wildman–Crippen LogP) is 1.81. The molecule has 0 fully saturated rings. The van der Waals surface area contributed by atoms with Crippen molar-refractivity contribution >= 4 is 15.8 Å². The molecule has 0 aliphatic carbocycles. The monoisotopic (exact) mass is 299 g/mol. The van der Waals surface area contributed by atoms with Gasteiger partial charge in [0.1, 0.15) is 0 Å². The fourth-order valence-electron chi connectivity index (χ4n) is 1.93. The first-order valence-electron chi connectivity index (χ1n) is 6.60. The number of benzene rings is 1. The summed E-state index contributed by atoms with van der Waals surface area (Å²) in [6.07, 6.45) is 0. The first-order valence-corrected chi connectivity index (χ1v) is 8.26. The highest BCUT2D eigenvalue weighted by molar-refractivity contribution is 7.91. The summed E-state index contributed by atoms with van der Waals surface area (Å²) in [5, 5.41) is 9.05. The quantitative estimate of drug-likeness (QED) is 0.831. The number of rotatable bonds is 7. The Morgan fingerprint density at radius 3 is 2.35 bits per heavy atom. The Labute approximate surface area is 120 Å². The Hall–Kier alpha value is -1.40. The lowest BCUT2D eigenvalue weighted by molar-refractivity contribution is 0.0696. The van der Waals surface area contributed by atoms with Crippen LogP contribution in [0, 0.1) is 6.92 Å². The molecule has 1 aromatic rings. The molecule has 0 heterocycles. The van der Waals surface area contributed by atoms with Crippen molar-refractivity contribution in [3.8, 4) is 0 Å². The zero-order chi connectivity index (χ0) is 15.3. The fourth-order valence-corrected chi connectivity index (χ4v) is 3.24. The molecule has 0 aromatic heterocycles. The zero-order valence-electron chi connectivity index (χ0n) is 12.1. The van der Waals surface area contributed by atoms with E-state index in [1.54, 1.807) is 6.92 Å². The minimum Gasteiger partial charge on any atom is -0.478 e. The van der Waals surface area contributed by atoms with E-state index in [0.29, 0.717) is 12.1 Å². The van der Waals surface area contributed by atoms with E-state index >= 15 is 0 Å². The van der Waals surface area contributed by atoms with Gasteiger partial charge in [-0.25, -0.2) is 13.2 Å². The number of carboxylic acids is 1. The smallest absolute Gasteiger partial charge is 0.335 e. The van der Waals surface area contributed by atoms with Crippen LogP contribution in [-0.4, -0.2) is 49.8 Å². The normalized spacial score (nSPS) is 11.8. The molecule has 1 aromatic carbocycles. The number of nitrogens with zero attached hydrogens (tertiary/aromatic N) is 1. The van der Waals surface area contributed by atoms with Crippen LogP contribution in [0.1, 0.15) is 29.8 Å². The van der Waals surface area contributed by atoms with E-state index < -0.39 is 15.8 Å². The van der Waals surface area contributed by atoms with Crippen LogP contribution in [0.5, 0.6) is 0 Å². The number of hydrogen-bond acceptors (Lipinski definition) is 4. The molecular formula is C14H21NO4S. The van der Waals surface area contributed by atoms with Gasteiger partial charge in [-0.15, -0.1) is 0 Å².